The van der Waals surface area contributed by atoms with Gasteiger partial charge in [0, 0.05) is 12.7 Å². The van der Waals surface area contributed by atoms with E-state index in [1.165, 1.54) is 25.4 Å². The number of hydrogen-bond donors (Lipinski definition) is 3. The molecule has 1 aromatic heterocycles. The Morgan fingerprint density at radius 1 is 1.34 bits per heavy atom. The summed E-state index contributed by atoms with van der Waals surface area (Å²) in [6.07, 6.45) is 5.71. The number of phenolic OH excluding ortho intramolecular Hbond substituents is 1. The largest absolute Gasteiger partial charge is 0.508 e. The van der Waals surface area contributed by atoms with Crippen molar-refractivity contribution < 1.29 is 19.4 Å². The molecule has 4 N–H and O–H groups in total. The van der Waals surface area contributed by atoms with Gasteiger partial charge in [-0.1, -0.05) is 6.07 Å². The van der Waals surface area contributed by atoms with E-state index in [-0.39, 0.29) is 17.7 Å². The van der Waals surface area contributed by atoms with Crippen LogP contribution in [0.1, 0.15) is 35.4 Å². The van der Waals surface area contributed by atoms with Gasteiger partial charge in [0.25, 0.3) is 5.91 Å². The Labute approximate surface area is 169 Å². The molecule has 2 aromatic rings. The number of rotatable bonds is 6. The lowest BCUT2D eigenvalue weighted by atomic mass is 10.1. The number of methoxy groups -OCH3 is 1. The minimum Gasteiger partial charge on any atom is -0.508 e. The van der Waals surface area contributed by atoms with E-state index in [2.05, 4.69) is 15.3 Å². The highest BCUT2D eigenvalue weighted by molar-refractivity contribution is 6.09. The summed E-state index contributed by atoms with van der Waals surface area (Å²) in [6, 6.07) is 9.53. The molecule has 0 bridgehead atoms. The molecule has 8 nitrogen and oxygen atoms in total. The molecule has 29 heavy (non-hydrogen) atoms. The summed E-state index contributed by atoms with van der Waals surface area (Å²) < 4.78 is 10.9. The zero-order chi connectivity index (χ0) is 20.6. The maximum atomic E-state index is 12.7. The molecule has 0 spiro atoms. The van der Waals surface area contributed by atoms with Gasteiger partial charge in [0.15, 0.2) is 0 Å². The number of allylic oxidation sites excluding steroid dienone is 1. The van der Waals surface area contributed by atoms with Crippen LogP contribution in [-0.2, 0) is 4.74 Å². The van der Waals surface area contributed by atoms with E-state index in [1.807, 2.05) is 0 Å². The number of nitrogens with zero attached hydrogens (tertiary/aromatic N) is 2. The van der Waals surface area contributed by atoms with E-state index in [9.17, 15) is 9.90 Å². The van der Waals surface area contributed by atoms with Crippen molar-refractivity contribution >= 4 is 17.3 Å². The van der Waals surface area contributed by atoms with Gasteiger partial charge in [0.05, 0.1) is 24.2 Å². The van der Waals surface area contributed by atoms with Crippen LogP contribution in [0.5, 0.6) is 11.5 Å². The Bertz CT molecular complexity index is 921. The number of ether oxygens (including phenoxy) is 2. The number of amides is 1. The number of anilines is 1. The zero-order valence-corrected chi connectivity index (χ0v) is 16.2. The van der Waals surface area contributed by atoms with Crippen LogP contribution in [0, 0.1) is 0 Å². The van der Waals surface area contributed by atoms with Gasteiger partial charge < -0.3 is 25.6 Å². The average Bonchev–Trinajstić information content (AvgIpc) is 2.75. The number of phenols is 1. The molecule has 1 amide bonds. The highest BCUT2D eigenvalue weighted by atomic mass is 16.5. The summed E-state index contributed by atoms with van der Waals surface area (Å²) in [5.41, 5.74) is 7.28. The number of carbonyl (C=O) groups is 1. The summed E-state index contributed by atoms with van der Waals surface area (Å²) in [5, 5.41) is 12.3. The Balaban J connectivity index is 1.83. The summed E-state index contributed by atoms with van der Waals surface area (Å²) in [6.45, 7) is 0.679. The monoisotopic (exact) mass is 396 g/mol. The summed E-state index contributed by atoms with van der Waals surface area (Å²) in [7, 11) is 1.46. The van der Waals surface area contributed by atoms with E-state index < -0.39 is 5.91 Å². The molecule has 1 fully saturated rings. The highest BCUT2D eigenvalue weighted by Crippen LogP contribution is 2.28. The van der Waals surface area contributed by atoms with Gasteiger partial charge in [0.2, 0.25) is 0 Å². The first-order chi connectivity index (χ1) is 14.1. The molecule has 0 radical (unpaired) electrons. The number of nitrogens with two attached hydrogens (primary N) is 1. The molecule has 1 aromatic carbocycles. The number of hydrogen-bond acceptors (Lipinski definition) is 7. The standard InChI is InChI=1S/C21H24N4O4/c1-28-19-13-14(26)8-9-17(19)25-21(27)18-6-4-5-15(23-18)16(10-11-22)24-20-7-2-3-12-29-20/h4-6,8-11,13,20,26H,2-3,7,12,22H2,1H3,(H,25,27). The van der Waals surface area contributed by atoms with Gasteiger partial charge in [-0.25, -0.2) is 4.98 Å². The lowest BCUT2D eigenvalue weighted by Gasteiger charge is -2.19. The number of carbonyl (C=O) groups excluding carboxylic acids is 1. The second kappa shape index (κ2) is 9.70. The number of benzene rings is 1. The normalized spacial score (nSPS) is 17.3. The molecule has 8 heteroatoms. The van der Waals surface area contributed by atoms with Crippen molar-refractivity contribution in [1.29, 1.82) is 0 Å². The first kappa shape index (κ1) is 20.3. The molecule has 0 saturated carbocycles. The fourth-order valence-corrected chi connectivity index (χ4v) is 2.94. The Morgan fingerprint density at radius 2 is 2.17 bits per heavy atom. The van der Waals surface area contributed by atoms with Gasteiger partial charge in [-0.2, -0.15) is 0 Å². The Kier molecular flexibility index (Phi) is 6.80. The maximum Gasteiger partial charge on any atom is 0.274 e. The van der Waals surface area contributed by atoms with Crippen LogP contribution in [0.3, 0.4) is 0 Å². The summed E-state index contributed by atoms with van der Waals surface area (Å²) in [5.74, 6) is -0.0302. The van der Waals surface area contributed by atoms with Crippen LogP contribution in [0.2, 0.25) is 0 Å². The molecule has 1 unspecified atom stereocenters. The highest BCUT2D eigenvalue weighted by Gasteiger charge is 2.16. The van der Waals surface area contributed by atoms with E-state index in [0.717, 1.165) is 19.3 Å². The second-order valence-corrected chi connectivity index (χ2v) is 6.44. The van der Waals surface area contributed by atoms with Crippen LogP contribution < -0.4 is 15.8 Å². The molecule has 152 valence electrons. The van der Waals surface area contributed by atoms with E-state index in [0.29, 0.717) is 29.4 Å². The molecule has 3 rings (SSSR count). The van der Waals surface area contributed by atoms with E-state index >= 15 is 0 Å². The smallest absolute Gasteiger partial charge is 0.274 e. The minimum atomic E-state index is -0.416. The van der Waals surface area contributed by atoms with Crippen molar-refractivity contribution in [3.05, 3.63) is 60.1 Å². The third kappa shape index (κ3) is 5.32. The van der Waals surface area contributed by atoms with Crippen molar-refractivity contribution in [1.82, 2.24) is 4.98 Å². The number of nitrogens with one attached hydrogen (secondary N) is 1. The molecule has 1 atom stereocenters. The van der Waals surface area contributed by atoms with Crippen molar-refractivity contribution in [2.24, 2.45) is 10.7 Å². The third-order valence-electron chi connectivity index (χ3n) is 4.37. The average molecular weight is 396 g/mol. The van der Waals surface area contributed by atoms with Gasteiger partial charge in [-0.3, -0.25) is 9.79 Å². The zero-order valence-electron chi connectivity index (χ0n) is 16.2. The number of aromatic hydroxyl groups is 1. The second-order valence-electron chi connectivity index (χ2n) is 6.44. The van der Waals surface area contributed by atoms with E-state index in [1.54, 1.807) is 30.3 Å². The first-order valence-electron chi connectivity index (χ1n) is 9.34. The van der Waals surface area contributed by atoms with Crippen LogP contribution in [0.25, 0.3) is 0 Å². The SMILES string of the molecule is COc1cc(O)ccc1NC(=O)c1cccc(C(C=CN)=NC2CCCCO2)n1. The predicted octanol–water partition coefficient (Wildman–Crippen LogP) is 2.84. The maximum absolute atomic E-state index is 12.7. The lowest BCUT2D eigenvalue weighted by molar-refractivity contribution is 0.0224. The third-order valence-corrected chi connectivity index (χ3v) is 4.37. The molecule has 1 aliphatic heterocycles. The van der Waals surface area contributed by atoms with Crippen LogP contribution in [0.4, 0.5) is 5.69 Å². The Morgan fingerprint density at radius 3 is 2.90 bits per heavy atom. The fourth-order valence-electron chi connectivity index (χ4n) is 2.94. The van der Waals surface area contributed by atoms with Crippen LogP contribution in [0.15, 0.2) is 53.7 Å². The minimum absolute atomic E-state index is 0.0410. The van der Waals surface area contributed by atoms with Gasteiger partial charge in [-0.15, -0.1) is 0 Å². The molecule has 0 aliphatic carbocycles. The van der Waals surface area contributed by atoms with Crippen LogP contribution in [-0.4, -0.2) is 41.7 Å². The van der Waals surface area contributed by atoms with Crippen LogP contribution >= 0.6 is 0 Å². The molecule has 1 aliphatic rings. The lowest BCUT2D eigenvalue weighted by Crippen LogP contribution is -2.20. The van der Waals surface area contributed by atoms with E-state index in [4.69, 9.17) is 15.2 Å². The Hall–Kier alpha value is -3.39. The van der Waals surface area contributed by atoms with Gasteiger partial charge in [-0.05, 0) is 55.8 Å². The number of aromatic nitrogens is 1. The predicted molar refractivity (Wildman–Crippen MR) is 110 cm³/mol. The summed E-state index contributed by atoms with van der Waals surface area (Å²) in [4.78, 5) is 21.7. The van der Waals surface area contributed by atoms with Crippen molar-refractivity contribution in [2.45, 2.75) is 25.5 Å². The summed E-state index contributed by atoms with van der Waals surface area (Å²) >= 11 is 0. The molecule has 1 saturated heterocycles. The first-order valence-corrected chi connectivity index (χ1v) is 9.34. The van der Waals surface area contributed by atoms with Gasteiger partial charge in [0.1, 0.15) is 23.4 Å². The molecular weight excluding hydrogens is 372 g/mol. The topological polar surface area (TPSA) is 119 Å². The molecule has 2 heterocycles. The molecular formula is C21H24N4O4. The number of aliphatic imine (C=N–C) groups is 1. The fraction of sp³-hybridized carbons (Fsp3) is 0.286. The van der Waals surface area contributed by atoms with Crippen molar-refractivity contribution in [3.8, 4) is 11.5 Å². The van der Waals surface area contributed by atoms with Crippen molar-refractivity contribution in [3.63, 3.8) is 0 Å². The van der Waals surface area contributed by atoms with Gasteiger partial charge >= 0.3 is 0 Å². The number of pyridine rings is 1. The quantitative estimate of drug-likeness (QED) is 0.510. The van der Waals surface area contributed by atoms with Crippen molar-refractivity contribution in [2.75, 3.05) is 19.0 Å².